The Morgan fingerprint density at radius 3 is 2.97 bits per heavy atom. The van der Waals surface area contributed by atoms with Crippen LogP contribution in [0.25, 0.3) is 10.6 Å². The van der Waals surface area contributed by atoms with Crippen LogP contribution < -0.4 is 16.8 Å². The number of benzene rings is 1. The number of ether oxygens (including phenoxy) is 1. The molecule has 0 radical (unpaired) electrons. The molecule has 1 aromatic carbocycles. The zero-order chi connectivity index (χ0) is 23.0. The number of carbonyl (C=O) groups excluding carboxylic acids is 1. The third kappa shape index (κ3) is 4.33. The molecule has 3 aromatic rings. The van der Waals surface area contributed by atoms with Gasteiger partial charge in [0.05, 0.1) is 29.2 Å². The van der Waals surface area contributed by atoms with Gasteiger partial charge >= 0.3 is 0 Å². The maximum Gasteiger partial charge on any atom is 0.277 e. The number of aromatic nitrogens is 3. The SMILES string of the molecule is Cn1ncc(NC(=O)c2nc(-c3cccc(F)c3Cl)sc2N)c1C1CCC(N)C(F)CO1. The molecule has 1 amide bonds. The molecule has 170 valence electrons. The zero-order valence-electron chi connectivity index (χ0n) is 17.0. The maximum absolute atomic E-state index is 13.9. The molecule has 8 nitrogen and oxygen atoms in total. The summed E-state index contributed by atoms with van der Waals surface area (Å²) in [5.41, 5.74) is 13.1. The van der Waals surface area contributed by atoms with Gasteiger partial charge in [0.1, 0.15) is 28.1 Å². The van der Waals surface area contributed by atoms with E-state index in [9.17, 15) is 13.6 Å². The summed E-state index contributed by atoms with van der Waals surface area (Å²) in [5, 5.41) is 7.31. The van der Waals surface area contributed by atoms with Crippen molar-refractivity contribution < 1.29 is 18.3 Å². The summed E-state index contributed by atoms with van der Waals surface area (Å²) >= 11 is 7.06. The van der Waals surface area contributed by atoms with E-state index < -0.39 is 30.0 Å². The summed E-state index contributed by atoms with van der Waals surface area (Å²) in [6.07, 6.45) is 0.640. The van der Waals surface area contributed by atoms with Crippen LogP contribution in [0.2, 0.25) is 5.02 Å². The van der Waals surface area contributed by atoms with Gasteiger partial charge in [0.15, 0.2) is 5.69 Å². The lowest BCUT2D eigenvalue weighted by molar-refractivity contribution is 0.0247. The third-order valence-electron chi connectivity index (χ3n) is 5.27. The lowest BCUT2D eigenvalue weighted by atomic mass is 10.0. The molecule has 1 aliphatic heterocycles. The van der Waals surface area contributed by atoms with Crippen molar-refractivity contribution in [3.05, 3.63) is 46.6 Å². The van der Waals surface area contributed by atoms with E-state index in [0.717, 1.165) is 11.3 Å². The molecule has 1 aliphatic rings. The van der Waals surface area contributed by atoms with E-state index in [1.807, 2.05) is 0 Å². The van der Waals surface area contributed by atoms with E-state index in [1.165, 1.54) is 18.3 Å². The molecule has 1 fully saturated rings. The van der Waals surface area contributed by atoms with E-state index in [0.29, 0.717) is 34.8 Å². The van der Waals surface area contributed by atoms with Crippen LogP contribution >= 0.6 is 22.9 Å². The van der Waals surface area contributed by atoms with E-state index in [4.69, 9.17) is 27.8 Å². The van der Waals surface area contributed by atoms with Crippen LogP contribution in [0.3, 0.4) is 0 Å². The zero-order valence-corrected chi connectivity index (χ0v) is 18.6. The second kappa shape index (κ2) is 9.10. The van der Waals surface area contributed by atoms with Crippen LogP contribution in [0.15, 0.2) is 24.4 Å². The minimum atomic E-state index is -1.26. The number of hydrogen-bond acceptors (Lipinski definition) is 7. The first-order valence-corrected chi connectivity index (χ1v) is 11.0. The normalized spacial score (nSPS) is 21.3. The molecule has 0 aliphatic carbocycles. The standard InChI is InChI=1S/C20H21ClF2N6O2S/c1-29-17(14-6-5-12(24)11(23)8-31-14)13(7-26-29)27-19(30)16-18(25)32-20(28-16)9-3-2-4-10(22)15(9)21/h2-4,7,11-12,14H,5-6,8,24-25H2,1H3,(H,27,30). The predicted molar refractivity (Wildman–Crippen MR) is 119 cm³/mol. The van der Waals surface area contributed by atoms with E-state index in [1.54, 1.807) is 17.8 Å². The lowest BCUT2D eigenvalue weighted by Gasteiger charge is -2.17. The number of thiazole rings is 1. The van der Waals surface area contributed by atoms with E-state index in [-0.39, 0.29) is 22.3 Å². The van der Waals surface area contributed by atoms with Gasteiger partial charge in [-0.2, -0.15) is 5.10 Å². The average molecular weight is 483 g/mol. The molecule has 0 saturated carbocycles. The predicted octanol–water partition coefficient (Wildman–Crippen LogP) is 3.69. The Morgan fingerprint density at radius 1 is 1.41 bits per heavy atom. The minimum absolute atomic E-state index is 0.0206. The Labute approximate surface area is 191 Å². The summed E-state index contributed by atoms with van der Waals surface area (Å²) < 4.78 is 35.0. The van der Waals surface area contributed by atoms with Crippen molar-refractivity contribution in [3.8, 4) is 10.6 Å². The number of nitrogens with zero attached hydrogens (tertiary/aromatic N) is 3. The average Bonchev–Trinajstić information content (AvgIpc) is 3.27. The fraction of sp³-hybridized carbons (Fsp3) is 0.350. The molecule has 5 N–H and O–H groups in total. The molecular formula is C20H21ClF2N6O2S. The van der Waals surface area contributed by atoms with Crippen LogP contribution in [-0.2, 0) is 11.8 Å². The smallest absolute Gasteiger partial charge is 0.277 e. The molecule has 4 rings (SSSR count). The molecule has 3 heterocycles. The number of halogens is 3. The molecular weight excluding hydrogens is 462 g/mol. The van der Waals surface area contributed by atoms with Crippen molar-refractivity contribution in [2.24, 2.45) is 12.8 Å². The first-order chi connectivity index (χ1) is 15.3. The highest BCUT2D eigenvalue weighted by Crippen LogP contribution is 2.36. The van der Waals surface area contributed by atoms with Crippen molar-refractivity contribution in [1.82, 2.24) is 14.8 Å². The Balaban J connectivity index is 1.58. The minimum Gasteiger partial charge on any atom is -0.389 e. The second-order valence-electron chi connectivity index (χ2n) is 7.43. The molecule has 0 bridgehead atoms. The lowest BCUT2D eigenvalue weighted by Crippen LogP contribution is -2.32. The summed E-state index contributed by atoms with van der Waals surface area (Å²) in [4.78, 5) is 17.2. The van der Waals surface area contributed by atoms with Crippen molar-refractivity contribution in [2.75, 3.05) is 17.7 Å². The van der Waals surface area contributed by atoms with Crippen LogP contribution in [0.4, 0.5) is 19.5 Å². The number of nitrogens with two attached hydrogens (primary N) is 2. The number of alkyl halides is 1. The van der Waals surface area contributed by atoms with Gasteiger partial charge in [0.2, 0.25) is 0 Å². The highest BCUT2D eigenvalue weighted by molar-refractivity contribution is 7.19. The van der Waals surface area contributed by atoms with Gasteiger partial charge in [-0.05, 0) is 18.9 Å². The van der Waals surface area contributed by atoms with Crippen molar-refractivity contribution in [2.45, 2.75) is 31.2 Å². The van der Waals surface area contributed by atoms with Gasteiger partial charge < -0.3 is 21.5 Å². The number of anilines is 2. The van der Waals surface area contributed by atoms with Gasteiger partial charge in [0, 0.05) is 18.7 Å². The van der Waals surface area contributed by atoms with E-state index >= 15 is 0 Å². The Hall–Kier alpha value is -2.60. The van der Waals surface area contributed by atoms with Crippen LogP contribution in [-0.4, -0.2) is 39.5 Å². The Kier molecular flexibility index (Phi) is 6.42. The largest absolute Gasteiger partial charge is 0.389 e. The Morgan fingerprint density at radius 2 is 2.19 bits per heavy atom. The quantitative estimate of drug-likeness (QED) is 0.521. The molecule has 1 saturated heterocycles. The topological polar surface area (TPSA) is 121 Å². The summed E-state index contributed by atoms with van der Waals surface area (Å²) in [6, 6.07) is 3.72. The first kappa shape index (κ1) is 22.6. The van der Waals surface area contributed by atoms with Gasteiger partial charge in [-0.15, -0.1) is 0 Å². The van der Waals surface area contributed by atoms with Crippen molar-refractivity contribution in [3.63, 3.8) is 0 Å². The van der Waals surface area contributed by atoms with Crippen molar-refractivity contribution >= 4 is 39.5 Å². The number of carbonyl (C=O) groups is 1. The number of amides is 1. The Bertz CT molecular complexity index is 1140. The number of aryl methyl sites for hydroxylation is 1. The summed E-state index contributed by atoms with van der Waals surface area (Å²) in [5.74, 6) is -1.16. The summed E-state index contributed by atoms with van der Waals surface area (Å²) in [7, 11) is 1.70. The molecule has 0 spiro atoms. The first-order valence-electron chi connectivity index (χ1n) is 9.81. The van der Waals surface area contributed by atoms with Gasteiger partial charge in [-0.3, -0.25) is 9.48 Å². The highest BCUT2D eigenvalue weighted by atomic mass is 35.5. The molecule has 3 atom stereocenters. The van der Waals surface area contributed by atoms with E-state index in [2.05, 4.69) is 15.4 Å². The van der Waals surface area contributed by atoms with Crippen LogP contribution in [0.5, 0.6) is 0 Å². The number of nitrogens with one attached hydrogen (secondary N) is 1. The van der Waals surface area contributed by atoms with Crippen molar-refractivity contribution in [1.29, 1.82) is 0 Å². The fourth-order valence-electron chi connectivity index (χ4n) is 3.54. The molecule has 3 unspecified atom stereocenters. The highest BCUT2D eigenvalue weighted by Gasteiger charge is 2.30. The molecule has 32 heavy (non-hydrogen) atoms. The summed E-state index contributed by atoms with van der Waals surface area (Å²) in [6.45, 7) is -0.138. The molecule has 2 aromatic heterocycles. The van der Waals surface area contributed by atoms with Gasteiger partial charge in [-0.25, -0.2) is 13.8 Å². The number of hydrogen-bond donors (Lipinski definition) is 3. The van der Waals surface area contributed by atoms with Gasteiger partial charge in [-0.1, -0.05) is 35.1 Å². The third-order valence-corrected chi connectivity index (χ3v) is 6.57. The van der Waals surface area contributed by atoms with Crippen LogP contribution in [0, 0.1) is 5.82 Å². The fourth-order valence-corrected chi connectivity index (χ4v) is 4.67. The molecule has 12 heteroatoms. The number of rotatable bonds is 4. The second-order valence-corrected chi connectivity index (χ2v) is 8.84. The maximum atomic E-state index is 13.9. The van der Waals surface area contributed by atoms with Crippen LogP contribution in [0.1, 0.15) is 35.1 Å². The number of nitrogen functional groups attached to an aromatic ring is 1. The van der Waals surface area contributed by atoms with Gasteiger partial charge in [0.25, 0.3) is 5.91 Å². The monoisotopic (exact) mass is 482 g/mol.